The van der Waals surface area contributed by atoms with Crippen LogP contribution in [-0.4, -0.2) is 46.7 Å². The first kappa shape index (κ1) is 16.5. The Balaban J connectivity index is 1.85. The van der Waals surface area contributed by atoms with Gasteiger partial charge in [0, 0.05) is 5.69 Å². The molecular weight excluding hydrogens is 352 g/mol. The van der Waals surface area contributed by atoms with E-state index in [0.29, 0.717) is 16.8 Å². The third-order valence-corrected chi connectivity index (χ3v) is 5.12. The van der Waals surface area contributed by atoms with Gasteiger partial charge in [-0.15, -0.1) is 10.2 Å². The minimum absolute atomic E-state index is 0.0412. The lowest BCUT2D eigenvalue weighted by atomic mass is 10.1. The van der Waals surface area contributed by atoms with Gasteiger partial charge in [0.15, 0.2) is 0 Å². The Morgan fingerprint density at radius 3 is 2.65 bits per heavy atom. The third-order valence-electron chi connectivity index (χ3n) is 3.98. The molecule has 0 bridgehead atoms. The van der Waals surface area contributed by atoms with E-state index in [-0.39, 0.29) is 11.7 Å². The van der Waals surface area contributed by atoms with Gasteiger partial charge in [0.2, 0.25) is 5.16 Å². The first-order chi connectivity index (χ1) is 12.5. The number of aromatic nitrogens is 5. The van der Waals surface area contributed by atoms with Crippen LogP contribution in [0.2, 0.25) is 0 Å². The number of carboxylic acids is 1. The van der Waals surface area contributed by atoms with Gasteiger partial charge >= 0.3 is 5.97 Å². The molecule has 0 saturated heterocycles. The van der Waals surface area contributed by atoms with Crippen molar-refractivity contribution in [3.8, 4) is 5.95 Å². The van der Waals surface area contributed by atoms with E-state index < -0.39 is 5.97 Å². The third kappa shape index (κ3) is 2.90. The van der Waals surface area contributed by atoms with Crippen molar-refractivity contribution in [2.45, 2.75) is 30.7 Å². The molecule has 1 N–H and O–H groups in total. The Bertz CT molecular complexity index is 1010. The zero-order chi connectivity index (χ0) is 18.3. The second kappa shape index (κ2) is 6.41. The zero-order valence-electron chi connectivity index (χ0n) is 14.2. The van der Waals surface area contributed by atoms with Crippen molar-refractivity contribution in [1.29, 1.82) is 0 Å². The van der Waals surface area contributed by atoms with E-state index >= 15 is 0 Å². The summed E-state index contributed by atoms with van der Waals surface area (Å²) in [6.07, 6.45) is -0.0412. The number of aryl methyl sites for hydroxylation is 2. The lowest BCUT2D eigenvalue weighted by Gasteiger charge is -2.21. The fraction of sp³-hybridized carbons (Fsp3) is 0.235. The van der Waals surface area contributed by atoms with Gasteiger partial charge in [0.1, 0.15) is 0 Å². The van der Waals surface area contributed by atoms with E-state index in [4.69, 9.17) is 5.10 Å². The van der Waals surface area contributed by atoms with Crippen LogP contribution in [0.25, 0.3) is 5.95 Å². The Kier molecular flexibility index (Phi) is 4.08. The van der Waals surface area contributed by atoms with Gasteiger partial charge < -0.3 is 5.11 Å². The molecule has 26 heavy (non-hydrogen) atoms. The molecule has 0 radical (unpaired) electrons. The lowest BCUT2D eigenvalue weighted by Crippen LogP contribution is -2.27. The molecule has 132 valence electrons. The minimum atomic E-state index is -0.877. The van der Waals surface area contributed by atoms with Crippen LogP contribution >= 0.6 is 11.8 Å². The number of carbonyl (C=O) groups is 1. The highest BCUT2D eigenvalue weighted by Crippen LogP contribution is 2.33. The van der Waals surface area contributed by atoms with Crippen LogP contribution in [0.1, 0.15) is 23.4 Å². The molecule has 2 aromatic heterocycles. The summed E-state index contributed by atoms with van der Waals surface area (Å²) in [5.41, 5.74) is 3.36. The molecule has 0 saturated carbocycles. The molecule has 1 aromatic carbocycles. The van der Waals surface area contributed by atoms with Crippen LogP contribution in [0.4, 0.5) is 0 Å². The van der Waals surface area contributed by atoms with E-state index in [1.807, 2.05) is 50.2 Å². The van der Waals surface area contributed by atoms with E-state index in [0.717, 1.165) is 17.0 Å². The van der Waals surface area contributed by atoms with E-state index in [1.165, 1.54) is 11.8 Å². The van der Waals surface area contributed by atoms with Crippen molar-refractivity contribution in [3.63, 3.8) is 0 Å². The van der Waals surface area contributed by atoms with Gasteiger partial charge in [-0.2, -0.15) is 14.9 Å². The number of hydrogen-bond donors (Lipinski definition) is 1. The van der Waals surface area contributed by atoms with Crippen LogP contribution in [0.3, 0.4) is 0 Å². The van der Waals surface area contributed by atoms with Crippen molar-refractivity contribution < 1.29 is 9.90 Å². The fourth-order valence-electron chi connectivity index (χ4n) is 2.89. The number of carboxylic acid groups (broad SMARTS) is 1. The molecule has 0 fully saturated rings. The van der Waals surface area contributed by atoms with Gasteiger partial charge in [-0.1, -0.05) is 42.1 Å². The Labute approximate surface area is 153 Å². The topological polar surface area (TPSA) is 98.2 Å². The average Bonchev–Trinajstić information content (AvgIpc) is 3.16. The monoisotopic (exact) mass is 368 g/mol. The second-order valence-electron chi connectivity index (χ2n) is 5.99. The normalized spacial score (nSPS) is 16.2. The molecule has 1 unspecified atom stereocenters. The van der Waals surface area contributed by atoms with Gasteiger partial charge in [-0.25, -0.2) is 4.68 Å². The van der Waals surface area contributed by atoms with Crippen molar-refractivity contribution >= 4 is 23.4 Å². The number of rotatable bonds is 4. The standard InChI is InChI=1S/C17H16N6O2S/c1-10-8-11(2)22(20-10)16-18-19-17-23(16)21-15(12-6-4-3-5-7-12)13(26-17)9-14(24)25/h3-8,13H,9H2,1-2H3,(H,24,25). The number of benzene rings is 1. The molecule has 3 aromatic rings. The Morgan fingerprint density at radius 2 is 2.00 bits per heavy atom. The van der Waals surface area contributed by atoms with Gasteiger partial charge in [-0.05, 0) is 25.5 Å². The van der Waals surface area contributed by atoms with Crippen LogP contribution in [0.5, 0.6) is 0 Å². The van der Waals surface area contributed by atoms with E-state index in [2.05, 4.69) is 15.3 Å². The highest BCUT2D eigenvalue weighted by molar-refractivity contribution is 8.00. The zero-order valence-corrected chi connectivity index (χ0v) is 15.0. The summed E-state index contributed by atoms with van der Waals surface area (Å²) in [6, 6.07) is 11.5. The van der Waals surface area contributed by atoms with Crippen LogP contribution in [-0.2, 0) is 4.79 Å². The first-order valence-electron chi connectivity index (χ1n) is 8.04. The van der Waals surface area contributed by atoms with Gasteiger partial charge in [-0.3, -0.25) is 4.79 Å². The molecular formula is C17H16N6O2S. The maximum atomic E-state index is 11.3. The first-order valence-corrected chi connectivity index (χ1v) is 8.92. The summed E-state index contributed by atoms with van der Waals surface area (Å²) < 4.78 is 3.32. The Hall–Kier alpha value is -2.94. The number of nitrogens with zero attached hydrogens (tertiary/aromatic N) is 6. The fourth-order valence-corrected chi connectivity index (χ4v) is 3.97. The molecule has 4 rings (SSSR count). The predicted octanol–water partition coefficient (Wildman–Crippen LogP) is 2.28. The molecule has 9 heteroatoms. The minimum Gasteiger partial charge on any atom is -0.481 e. The summed E-state index contributed by atoms with van der Waals surface area (Å²) in [4.78, 5) is 11.3. The molecule has 0 amide bonds. The molecule has 1 aliphatic heterocycles. The highest BCUT2D eigenvalue weighted by atomic mass is 32.2. The number of aliphatic carboxylic acids is 1. The maximum absolute atomic E-state index is 11.3. The van der Waals surface area contributed by atoms with E-state index in [1.54, 1.807) is 9.36 Å². The molecule has 1 atom stereocenters. The number of hydrogen-bond acceptors (Lipinski definition) is 6. The Morgan fingerprint density at radius 1 is 1.23 bits per heavy atom. The van der Waals surface area contributed by atoms with Crippen LogP contribution in [0.15, 0.2) is 46.7 Å². The second-order valence-corrected chi connectivity index (χ2v) is 7.16. The van der Waals surface area contributed by atoms with Crippen molar-refractivity contribution in [2.24, 2.45) is 5.10 Å². The molecule has 3 heterocycles. The smallest absolute Gasteiger partial charge is 0.304 e. The summed E-state index contributed by atoms with van der Waals surface area (Å²) in [7, 11) is 0. The van der Waals surface area contributed by atoms with Crippen molar-refractivity contribution in [1.82, 2.24) is 24.7 Å². The number of fused-ring (bicyclic) bond motifs is 1. The van der Waals surface area contributed by atoms with Crippen molar-refractivity contribution in [3.05, 3.63) is 53.3 Å². The molecule has 8 nitrogen and oxygen atoms in total. The molecule has 0 aliphatic carbocycles. The lowest BCUT2D eigenvalue weighted by molar-refractivity contribution is -0.136. The molecule has 0 spiro atoms. The maximum Gasteiger partial charge on any atom is 0.304 e. The van der Waals surface area contributed by atoms with Gasteiger partial charge in [0.05, 0.1) is 23.1 Å². The number of thioether (sulfide) groups is 1. The van der Waals surface area contributed by atoms with E-state index in [9.17, 15) is 9.90 Å². The largest absolute Gasteiger partial charge is 0.481 e. The summed E-state index contributed by atoms with van der Waals surface area (Å²) in [6.45, 7) is 3.85. The summed E-state index contributed by atoms with van der Waals surface area (Å²) in [5, 5.41) is 27.0. The SMILES string of the molecule is Cc1cc(C)n(-c2nnc3n2N=C(c2ccccc2)C(CC(=O)O)S3)n1. The van der Waals surface area contributed by atoms with Crippen LogP contribution in [0, 0.1) is 13.8 Å². The van der Waals surface area contributed by atoms with Crippen molar-refractivity contribution in [2.75, 3.05) is 0 Å². The quantitative estimate of drug-likeness (QED) is 0.759. The molecule has 1 aliphatic rings. The average molecular weight is 368 g/mol. The predicted molar refractivity (Wildman–Crippen MR) is 96.9 cm³/mol. The summed E-state index contributed by atoms with van der Waals surface area (Å²) >= 11 is 1.35. The highest BCUT2D eigenvalue weighted by Gasteiger charge is 2.31. The summed E-state index contributed by atoms with van der Waals surface area (Å²) in [5.74, 6) is -0.391. The van der Waals surface area contributed by atoms with Crippen LogP contribution < -0.4 is 0 Å². The van der Waals surface area contributed by atoms with Gasteiger partial charge in [0.25, 0.3) is 5.95 Å².